The molecule has 1 aliphatic carbocycles. The zero-order valence-electron chi connectivity index (χ0n) is 11.0. The van der Waals surface area contributed by atoms with Gasteiger partial charge in [-0.3, -0.25) is 9.48 Å². The zero-order chi connectivity index (χ0) is 13.9. The molecule has 1 aliphatic rings. The number of hydrogen-bond donors (Lipinski definition) is 2. The molecular weight excluding hydrogens is 246 g/mol. The molecular formula is C13H19N3O3. The normalized spacial score (nSPS) is 19.6. The van der Waals surface area contributed by atoms with E-state index in [-0.39, 0.29) is 5.91 Å². The Hall–Kier alpha value is -1.85. The van der Waals surface area contributed by atoms with Crippen LogP contribution in [0, 0.1) is 0 Å². The maximum Gasteiger partial charge on any atom is 0.329 e. The number of carbonyl (C=O) groups excluding carboxylic acids is 1. The van der Waals surface area contributed by atoms with Gasteiger partial charge in [-0.05, 0) is 25.8 Å². The smallest absolute Gasteiger partial charge is 0.329 e. The molecule has 2 N–H and O–H groups in total. The predicted octanol–water partition coefficient (Wildman–Crippen LogP) is 1.35. The van der Waals surface area contributed by atoms with E-state index in [1.165, 1.54) is 4.68 Å². The number of carbonyl (C=O) groups is 2. The van der Waals surface area contributed by atoms with Gasteiger partial charge in [-0.1, -0.05) is 19.3 Å². The van der Waals surface area contributed by atoms with Crippen LogP contribution in [0.2, 0.25) is 0 Å². The first-order valence-corrected chi connectivity index (χ1v) is 6.60. The number of nitrogens with one attached hydrogen (secondary N) is 1. The highest BCUT2D eigenvalue weighted by molar-refractivity contribution is 5.88. The van der Waals surface area contributed by atoms with Gasteiger partial charge in [0, 0.05) is 12.4 Å². The Kier molecular flexibility index (Phi) is 3.87. The fraction of sp³-hybridized carbons (Fsp3) is 0.615. The molecule has 1 fully saturated rings. The van der Waals surface area contributed by atoms with E-state index in [9.17, 15) is 14.7 Å². The van der Waals surface area contributed by atoms with Crippen LogP contribution in [0.25, 0.3) is 0 Å². The van der Waals surface area contributed by atoms with E-state index >= 15 is 0 Å². The molecule has 1 atom stereocenters. The number of carboxylic acid groups (broad SMARTS) is 1. The largest absolute Gasteiger partial charge is 0.480 e. The zero-order valence-corrected chi connectivity index (χ0v) is 11.0. The van der Waals surface area contributed by atoms with E-state index < -0.39 is 17.6 Å². The molecule has 0 unspecified atom stereocenters. The molecule has 0 aliphatic heterocycles. The lowest BCUT2D eigenvalue weighted by Crippen LogP contribution is -2.56. The van der Waals surface area contributed by atoms with Crippen molar-refractivity contribution in [2.75, 3.05) is 0 Å². The highest BCUT2D eigenvalue weighted by atomic mass is 16.4. The predicted molar refractivity (Wildman–Crippen MR) is 68.5 cm³/mol. The van der Waals surface area contributed by atoms with Gasteiger partial charge in [0.15, 0.2) is 0 Å². The highest BCUT2D eigenvalue weighted by Gasteiger charge is 2.41. The van der Waals surface area contributed by atoms with Gasteiger partial charge >= 0.3 is 5.97 Å². The van der Waals surface area contributed by atoms with Crippen LogP contribution in [0.15, 0.2) is 18.5 Å². The van der Waals surface area contributed by atoms with Crippen LogP contribution in [-0.4, -0.2) is 32.3 Å². The molecule has 1 amide bonds. The molecule has 6 nitrogen and oxygen atoms in total. The van der Waals surface area contributed by atoms with Crippen LogP contribution < -0.4 is 5.32 Å². The Morgan fingerprint density at radius 2 is 2.05 bits per heavy atom. The maximum absolute atomic E-state index is 12.2. The first kappa shape index (κ1) is 13.6. The summed E-state index contributed by atoms with van der Waals surface area (Å²) >= 11 is 0. The summed E-state index contributed by atoms with van der Waals surface area (Å²) in [6.45, 7) is 1.71. The summed E-state index contributed by atoms with van der Waals surface area (Å²) in [6, 6.07) is 1.23. The molecule has 0 radical (unpaired) electrons. The molecule has 0 spiro atoms. The maximum atomic E-state index is 12.2. The van der Waals surface area contributed by atoms with Gasteiger partial charge in [-0.2, -0.15) is 5.10 Å². The second-order valence-electron chi connectivity index (χ2n) is 5.10. The van der Waals surface area contributed by atoms with E-state index in [1.54, 1.807) is 25.4 Å². The van der Waals surface area contributed by atoms with Crippen LogP contribution in [0.1, 0.15) is 45.1 Å². The van der Waals surface area contributed by atoms with Gasteiger partial charge in [-0.25, -0.2) is 4.79 Å². The number of carboxylic acids is 1. The summed E-state index contributed by atoms with van der Waals surface area (Å²) in [6.07, 6.45) is 6.99. The van der Waals surface area contributed by atoms with Gasteiger partial charge in [0.2, 0.25) is 5.91 Å². The minimum atomic E-state index is -1.10. The fourth-order valence-electron chi connectivity index (χ4n) is 2.52. The summed E-state index contributed by atoms with van der Waals surface area (Å²) < 4.78 is 1.52. The lowest BCUT2D eigenvalue weighted by atomic mass is 9.81. The third-order valence-corrected chi connectivity index (χ3v) is 3.78. The second-order valence-corrected chi connectivity index (χ2v) is 5.10. The average Bonchev–Trinajstić information content (AvgIpc) is 2.92. The second kappa shape index (κ2) is 5.42. The molecule has 1 saturated carbocycles. The molecule has 0 saturated heterocycles. The molecule has 2 rings (SSSR count). The molecule has 19 heavy (non-hydrogen) atoms. The van der Waals surface area contributed by atoms with E-state index in [1.807, 2.05) is 0 Å². The molecule has 1 heterocycles. The first-order chi connectivity index (χ1) is 9.05. The van der Waals surface area contributed by atoms with Crippen molar-refractivity contribution in [2.45, 2.75) is 50.6 Å². The lowest BCUT2D eigenvalue weighted by molar-refractivity contribution is -0.149. The van der Waals surface area contributed by atoms with Crippen LogP contribution in [0.3, 0.4) is 0 Å². The van der Waals surface area contributed by atoms with Gasteiger partial charge < -0.3 is 10.4 Å². The topological polar surface area (TPSA) is 84.2 Å². The van der Waals surface area contributed by atoms with Crippen molar-refractivity contribution < 1.29 is 14.7 Å². The Morgan fingerprint density at radius 3 is 2.58 bits per heavy atom. The van der Waals surface area contributed by atoms with Crippen molar-refractivity contribution in [3.05, 3.63) is 18.5 Å². The SMILES string of the molecule is C[C@H](C(=O)NC1(C(=O)O)CCCCC1)n1cccn1. The van der Waals surface area contributed by atoms with Crippen molar-refractivity contribution in [1.29, 1.82) is 0 Å². The standard InChI is InChI=1S/C13H19N3O3/c1-10(16-9-5-8-14-16)11(17)15-13(12(18)19)6-3-2-4-7-13/h5,8-10H,2-4,6-7H2,1H3,(H,15,17)(H,18,19)/t10-/m1/s1. The highest BCUT2D eigenvalue weighted by Crippen LogP contribution is 2.29. The Morgan fingerprint density at radius 1 is 1.37 bits per heavy atom. The van der Waals surface area contributed by atoms with E-state index in [0.29, 0.717) is 12.8 Å². The third-order valence-electron chi connectivity index (χ3n) is 3.78. The molecule has 1 aromatic rings. The Labute approximate surface area is 111 Å². The van der Waals surface area contributed by atoms with Crippen molar-refractivity contribution in [3.8, 4) is 0 Å². The molecule has 1 aromatic heterocycles. The van der Waals surface area contributed by atoms with Crippen molar-refractivity contribution in [3.63, 3.8) is 0 Å². The van der Waals surface area contributed by atoms with Gasteiger partial charge in [-0.15, -0.1) is 0 Å². The van der Waals surface area contributed by atoms with Crippen LogP contribution >= 0.6 is 0 Å². The van der Waals surface area contributed by atoms with Crippen molar-refractivity contribution >= 4 is 11.9 Å². The number of aliphatic carboxylic acids is 1. The summed E-state index contributed by atoms with van der Waals surface area (Å²) in [5.41, 5.74) is -1.10. The quantitative estimate of drug-likeness (QED) is 0.860. The van der Waals surface area contributed by atoms with Crippen LogP contribution in [0.5, 0.6) is 0 Å². The number of aromatic nitrogens is 2. The molecule has 6 heteroatoms. The van der Waals surface area contributed by atoms with Gasteiger partial charge in [0.1, 0.15) is 11.6 Å². The van der Waals surface area contributed by atoms with Crippen LogP contribution in [0.4, 0.5) is 0 Å². The van der Waals surface area contributed by atoms with Gasteiger partial charge in [0.05, 0.1) is 0 Å². The summed E-state index contributed by atoms with van der Waals surface area (Å²) in [5, 5.41) is 16.1. The summed E-state index contributed by atoms with van der Waals surface area (Å²) in [5.74, 6) is -1.23. The monoisotopic (exact) mass is 265 g/mol. The minimum absolute atomic E-state index is 0.298. The van der Waals surface area contributed by atoms with E-state index in [4.69, 9.17) is 0 Å². The lowest BCUT2D eigenvalue weighted by Gasteiger charge is -2.34. The number of rotatable bonds is 4. The first-order valence-electron chi connectivity index (χ1n) is 6.60. The number of nitrogens with zero attached hydrogens (tertiary/aromatic N) is 2. The van der Waals surface area contributed by atoms with Crippen LogP contribution in [-0.2, 0) is 9.59 Å². The number of amides is 1. The van der Waals surface area contributed by atoms with Gasteiger partial charge in [0.25, 0.3) is 0 Å². The Balaban J connectivity index is 2.09. The minimum Gasteiger partial charge on any atom is -0.480 e. The summed E-state index contributed by atoms with van der Waals surface area (Å²) in [4.78, 5) is 23.7. The number of hydrogen-bond acceptors (Lipinski definition) is 3. The van der Waals surface area contributed by atoms with Crippen molar-refractivity contribution in [1.82, 2.24) is 15.1 Å². The molecule has 104 valence electrons. The van der Waals surface area contributed by atoms with Crippen molar-refractivity contribution in [2.24, 2.45) is 0 Å². The van der Waals surface area contributed by atoms with E-state index in [2.05, 4.69) is 10.4 Å². The molecule has 0 bridgehead atoms. The molecule has 0 aromatic carbocycles. The Bertz CT molecular complexity index is 450. The third kappa shape index (κ3) is 2.77. The summed E-state index contributed by atoms with van der Waals surface area (Å²) in [7, 11) is 0. The fourth-order valence-corrected chi connectivity index (χ4v) is 2.52. The van der Waals surface area contributed by atoms with E-state index in [0.717, 1.165) is 19.3 Å². The average molecular weight is 265 g/mol.